The number of carbonyl (C=O) groups is 1. The van der Waals surface area contributed by atoms with E-state index in [-0.39, 0.29) is 5.91 Å². The summed E-state index contributed by atoms with van der Waals surface area (Å²) in [7, 11) is 4.18. The summed E-state index contributed by atoms with van der Waals surface area (Å²) in [6.07, 6.45) is 4.59. The lowest BCUT2D eigenvalue weighted by atomic mass is 10.0. The van der Waals surface area contributed by atoms with Gasteiger partial charge in [0, 0.05) is 38.9 Å². The number of likely N-dealkylation sites (tertiary alicyclic amines) is 1. The van der Waals surface area contributed by atoms with Gasteiger partial charge in [-0.15, -0.1) is 0 Å². The molecular formula is C17H25N4O+. The van der Waals surface area contributed by atoms with Crippen molar-refractivity contribution < 1.29 is 9.69 Å². The predicted octanol–water partition coefficient (Wildman–Crippen LogP) is 0.562. The molecule has 0 unspecified atom stereocenters. The van der Waals surface area contributed by atoms with E-state index in [0.29, 0.717) is 19.0 Å². The first-order valence-corrected chi connectivity index (χ1v) is 8.12. The SMILES string of the molecule is CN(C(=O)CCn1cnc2ccccc21)C1CC[NH+](C)CC1. The molecule has 5 nitrogen and oxygen atoms in total. The van der Waals surface area contributed by atoms with Crippen LogP contribution in [0.1, 0.15) is 19.3 Å². The van der Waals surface area contributed by atoms with Gasteiger partial charge in [0.25, 0.3) is 0 Å². The van der Waals surface area contributed by atoms with Gasteiger partial charge in [-0.3, -0.25) is 4.79 Å². The third-order valence-corrected chi connectivity index (χ3v) is 4.84. The summed E-state index contributed by atoms with van der Waals surface area (Å²) in [5, 5.41) is 0. The van der Waals surface area contributed by atoms with E-state index in [4.69, 9.17) is 0 Å². The molecule has 1 aliphatic rings. The summed E-state index contributed by atoms with van der Waals surface area (Å²) in [6, 6.07) is 8.46. The van der Waals surface area contributed by atoms with E-state index < -0.39 is 0 Å². The number of fused-ring (bicyclic) bond motifs is 1. The summed E-state index contributed by atoms with van der Waals surface area (Å²) >= 11 is 0. The van der Waals surface area contributed by atoms with Gasteiger partial charge in [-0.2, -0.15) is 0 Å². The van der Waals surface area contributed by atoms with E-state index in [9.17, 15) is 4.79 Å². The van der Waals surface area contributed by atoms with Gasteiger partial charge in [-0.25, -0.2) is 4.98 Å². The molecule has 2 aromatic rings. The molecule has 1 fully saturated rings. The Morgan fingerprint density at radius 2 is 2.09 bits per heavy atom. The summed E-state index contributed by atoms with van der Waals surface area (Å²) in [6.45, 7) is 3.02. The third kappa shape index (κ3) is 3.14. The highest BCUT2D eigenvalue weighted by Crippen LogP contribution is 2.14. The number of rotatable bonds is 4. The number of piperidine rings is 1. The lowest BCUT2D eigenvalue weighted by Gasteiger charge is -2.33. The van der Waals surface area contributed by atoms with Crippen LogP contribution in [0.2, 0.25) is 0 Å². The fourth-order valence-electron chi connectivity index (χ4n) is 3.27. The van der Waals surface area contributed by atoms with E-state index in [1.165, 1.54) is 0 Å². The lowest BCUT2D eigenvalue weighted by Crippen LogP contribution is -3.10. The number of carbonyl (C=O) groups excluding carboxylic acids is 1. The zero-order valence-electron chi connectivity index (χ0n) is 13.5. The van der Waals surface area contributed by atoms with Gasteiger partial charge in [0.05, 0.1) is 37.5 Å². The van der Waals surface area contributed by atoms with Gasteiger partial charge in [0.1, 0.15) is 0 Å². The fraction of sp³-hybridized carbons (Fsp3) is 0.529. The highest BCUT2D eigenvalue weighted by Gasteiger charge is 2.25. The molecule has 5 heteroatoms. The number of benzene rings is 1. The maximum Gasteiger partial charge on any atom is 0.224 e. The van der Waals surface area contributed by atoms with Crippen LogP contribution in [0.25, 0.3) is 11.0 Å². The molecule has 1 aromatic heterocycles. The van der Waals surface area contributed by atoms with E-state index in [2.05, 4.69) is 22.7 Å². The molecule has 118 valence electrons. The number of aryl methyl sites for hydroxylation is 1. The van der Waals surface area contributed by atoms with Gasteiger partial charge >= 0.3 is 0 Å². The van der Waals surface area contributed by atoms with Crippen molar-refractivity contribution in [1.82, 2.24) is 14.5 Å². The summed E-state index contributed by atoms with van der Waals surface area (Å²) < 4.78 is 2.07. The van der Waals surface area contributed by atoms with Crippen LogP contribution in [0, 0.1) is 0 Å². The van der Waals surface area contributed by atoms with Gasteiger partial charge in [0.2, 0.25) is 5.91 Å². The smallest absolute Gasteiger partial charge is 0.224 e. The molecule has 0 radical (unpaired) electrons. The van der Waals surface area contributed by atoms with E-state index >= 15 is 0 Å². The summed E-state index contributed by atoms with van der Waals surface area (Å²) in [4.78, 5) is 20.4. The first-order chi connectivity index (χ1) is 10.6. The van der Waals surface area contributed by atoms with Crippen molar-refractivity contribution in [3.63, 3.8) is 0 Å². The van der Waals surface area contributed by atoms with Crippen molar-refractivity contribution in [3.05, 3.63) is 30.6 Å². The maximum atomic E-state index is 12.4. The lowest BCUT2D eigenvalue weighted by molar-refractivity contribution is -0.885. The van der Waals surface area contributed by atoms with Crippen LogP contribution < -0.4 is 4.90 Å². The van der Waals surface area contributed by atoms with Crippen molar-refractivity contribution in [2.45, 2.75) is 31.8 Å². The second-order valence-electron chi connectivity index (χ2n) is 6.37. The molecule has 1 saturated heterocycles. The van der Waals surface area contributed by atoms with Crippen molar-refractivity contribution in [2.24, 2.45) is 0 Å². The largest absolute Gasteiger partial charge is 0.342 e. The predicted molar refractivity (Wildman–Crippen MR) is 86.8 cm³/mol. The fourth-order valence-corrected chi connectivity index (χ4v) is 3.27. The number of imidazole rings is 1. The second-order valence-corrected chi connectivity index (χ2v) is 6.37. The average molecular weight is 301 g/mol. The molecule has 1 amide bonds. The summed E-state index contributed by atoms with van der Waals surface area (Å²) in [5.74, 6) is 0.238. The van der Waals surface area contributed by atoms with Gasteiger partial charge in [0.15, 0.2) is 0 Å². The molecule has 1 N–H and O–H groups in total. The van der Waals surface area contributed by atoms with Crippen molar-refractivity contribution in [2.75, 3.05) is 27.2 Å². The van der Waals surface area contributed by atoms with Gasteiger partial charge in [-0.1, -0.05) is 12.1 Å². The Labute approximate surface area is 131 Å². The molecule has 1 aromatic carbocycles. The Hall–Kier alpha value is -1.88. The number of nitrogens with one attached hydrogen (secondary N) is 1. The second kappa shape index (κ2) is 6.48. The highest BCUT2D eigenvalue weighted by atomic mass is 16.2. The molecule has 1 aliphatic heterocycles. The Kier molecular flexibility index (Phi) is 4.43. The van der Waals surface area contributed by atoms with Crippen LogP contribution in [-0.4, -0.2) is 53.6 Å². The monoisotopic (exact) mass is 301 g/mol. The summed E-state index contributed by atoms with van der Waals surface area (Å²) in [5.41, 5.74) is 2.09. The van der Waals surface area contributed by atoms with Crippen molar-refractivity contribution >= 4 is 16.9 Å². The molecule has 2 heterocycles. The van der Waals surface area contributed by atoms with Gasteiger partial charge < -0.3 is 14.4 Å². The molecular weight excluding hydrogens is 276 g/mol. The number of hydrogen-bond donors (Lipinski definition) is 1. The van der Waals surface area contributed by atoms with Gasteiger partial charge in [-0.05, 0) is 12.1 Å². The molecule has 0 atom stereocenters. The number of quaternary nitrogens is 1. The minimum atomic E-state index is 0.238. The van der Waals surface area contributed by atoms with Crippen LogP contribution in [-0.2, 0) is 11.3 Å². The standard InChI is InChI=1S/C17H24N4O/c1-19-10-7-14(8-11-19)20(2)17(22)9-12-21-13-18-15-5-3-4-6-16(15)21/h3-6,13-14H,7-12H2,1-2H3/p+1. The normalized spacial score (nSPS) is 21.9. The van der Waals surface area contributed by atoms with Crippen LogP contribution in [0.15, 0.2) is 30.6 Å². The Morgan fingerprint density at radius 3 is 2.86 bits per heavy atom. The Bertz CT molecular complexity index is 643. The van der Waals surface area contributed by atoms with E-state index in [0.717, 1.165) is 37.0 Å². The minimum absolute atomic E-state index is 0.238. The van der Waals surface area contributed by atoms with Crippen molar-refractivity contribution in [1.29, 1.82) is 0 Å². The topological polar surface area (TPSA) is 42.6 Å². The number of aromatic nitrogens is 2. The molecule has 3 rings (SSSR count). The quantitative estimate of drug-likeness (QED) is 0.897. The van der Waals surface area contributed by atoms with Crippen LogP contribution >= 0.6 is 0 Å². The average Bonchev–Trinajstić information content (AvgIpc) is 2.96. The zero-order valence-corrected chi connectivity index (χ0v) is 13.5. The van der Waals surface area contributed by atoms with E-state index in [1.54, 1.807) is 4.90 Å². The molecule has 0 bridgehead atoms. The number of amides is 1. The Morgan fingerprint density at radius 1 is 1.36 bits per heavy atom. The zero-order chi connectivity index (χ0) is 15.5. The molecule has 0 aliphatic carbocycles. The number of para-hydroxylation sites is 2. The van der Waals surface area contributed by atoms with Crippen LogP contribution in [0.5, 0.6) is 0 Å². The maximum absolute atomic E-state index is 12.4. The van der Waals surface area contributed by atoms with E-state index in [1.807, 2.05) is 36.5 Å². The molecule has 0 saturated carbocycles. The minimum Gasteiger partial charge on any atom is -0.342 e. The highest BCUT2D eigenvalue weighted by molar-refractivity contribution is 5.77. The van der Waals surface area contributed by atoms with Crippen LogP contribution in [0.4, 0.5) is 0 Å². The first-order valence-electron chi connectivity index (χ1n) is 8.12. The Balaban J connectivity index is 1.57. The van der Waals surface area contributed by atoms with Crippen molar-refractivity contribution in [3.8, 4) is 0 Å². The molecule has 22 heavy (non-hydrogen) atoms. The molecule has 0 spiro atoms. The first kappa shape index (κ1) is 15.0. The third-order valence-electron chi connectivity index (χ3n) is 4.84. The number of hydrogen-bond acceptors (Lipinski definition) is 2. The number of nitrogens with zero attached hydrogens (tertiary/aromatic N) is 3. The van der Waals surface area contributed by atoms with Crippen LogP contribution in [0.3, 0.4) is 0 Å².